The zero-order valence-electron chi connectivity index (χ0n) is 19.5. The van der Waals surface area contributed by atoms with Crippen molar-refractivity contribution in [1.82, 2.24) is 9.62 Å². The Morgan fingerprint density at radius 1 is 0.943 bits per heavy atom. The Labute approximate surface area is 205 Å². The van der Waals surface area contributed by atoms with Crippen molar-refractivity contribution in [3.63, 3.8) is 0 Å². The molecular formula is C26H28FN3O4S. The predicted molar refractivity (Wildman–Crippen MR) is 132 cm³/mol. The second kappa shape index (κ2) is 9.85. The third kappa shape index (κ3) is 5.12. The Morgan fingerprint density at radius 2 is 1.66 bits per heavy atom. The number of para-hydroxylation sites is 1. The van der Waals surface area contributed by atoms with Crippen molar-refractivity contribution in [2.75, 3.05) is 44.4 Å². The average Bonchev–Trinajstić information content (AvgIpc) is 3.33. The van der Waals surface area contributed by atoms with Gasteiger partial charge in [0.25, 0.3) is 0 Å². The molecule has 0 spiro atoms. The summed E-state index contributed by atoms with van der Waals surface area (Å²) in [6.07, 6.45) is 0. The number of halogens is 1. The quantitative estimate of drug-likeness (QED) is 0.537. The van der Waals surface area contributed by atoms with Crippen molar-refractivity contribution in [3.05, 3.63) is 83.7 Å². The number of fused-ring (bicyclic) bond motifs is 1. The molecular weight excluding hydrogens is 469 g/mol. The maximum atomic E-state index is 14.3. The first-order valence-electron chi connectivity index (χ1n) is 11.6. The molecule has 0 radical (unpaired) electrons. The van der Waals surface area contributed by atoms with Crippen molar-refractivity contribution in [2.45, 2.75) is 17.9 Å². The number of rotatable bonds is 7. The number of ether oxygens (including phenoxy) is 2. The molecule has 0 aromatic heterocycles. The van der Waals surface area contributed by atoms with Crippen molar-refractivity contribution >= 4 is 15.7 Å². The van der Waals surface area contributed by atoms with Crippen LogP contribution < -0.4 is 19.1 Å². The van der Waals surface area contributed by atoms with Gasteiger partial charge in [-0.3, -0.25) is 4.90 Å². The Morgan fingerprint density at radius 3 is 2.40 bits per heavy atom. The smallest absolute Gasteiger partial charge is 0.240 e. The van der Waals surface area contributed by atoms with Crippen LogP contribution in [-0.2, 0) is 10.0 Å². The van der Waals surface area contributed by atoms with Gasteiger partial charge < -0.3 is 14.4 Å². The highest BCUT2D eigenvalue weighted by atomic mass is 32.2. The first kappa shape index (κ1) is 23.6. The molecule has 3 aromatic carbocycles. The highest BCUT2D eigenvalue weighted by molar-refractivity contribution is 7.89. The summed E-state index contributed by atoms with van der Waals surface area (Å²) < 4.78 is 54.1. The van der Waals surface area contributed by atoms with E-state index in [1.807, 2.05) is 36.1 Å². The minimum atomic E-state index is -3.68. The first-order valence-corrected chi connectivity index (χ1v) is 13.1. The molecule has 0 bridgehead atoms. The molecule has 1 unspecified atom stereocenters. The summed E-state index contributed by atoms with van der Waals surface area (Å²) in [5.74, 6) is 1.09. The van der Waals surface area contributed by atoms with E-state index in [9.17, 15) is 12.8 Å². The van der Waals surface area contributed by atoms with Crippen LogP contribution in [0.15, 0.2) is 71.6 Å². The molecule has 5 rings (SSSR count). The van der Waals surface area contributed by atoms with Gasteiger partial charge in [0.1, 0.15) is 5.82 Å². The molecule has 7 nitrogen and oxygen atoms in total. The molecule has 9 heteroatoms. The van der Waals surface area contributed by atoms with E-state index in [1.54, 1.807) is 36.4 Å². The normalized spacial score (nSPS) is 16.9. The zero-order chi connectivity index (χ0) is 24.4. The van der Waals surface area contributed by atoms with Crippen LogP contribution in [0.3, 0.4) is 0 Å². The summed E-state index contributed by atoms with van der Waals surface area (Å²) >= 11 is 0. The number of hydrogen-bond acceptors (Lipinski definition) is 6. The van der Waals surface area contributed by atoms with Gasteiger partial charge in [0.2, 0.25) is 16.8 Å². The van der Waals surface area contributed by atoms with Crippen LogP contribution in [0.5, 0.6) is 11.5 Å². The second-order valence-electron chi connectivity index (χ2n) is 8.77. The molecule has 1 fully saturated rings. The van der Waals surface area contributed by atoms with Gasteiger partial charge in [-0.25, -0.2) is 17.5 Å². The molecule has 3 aromatic rings. The molecule has 1 atom stereocenters. The summed E-state index contributed by atoms with van der Waals surface area (Å²) in [5, 5.41) is 0. The van der Waals surface area contributed by atoms with E-state index in [0.717, 1.165) is 11.1 Å². The van der Waals surface area contributed by atoms with Crippen LogP contribution in [0.1, 0.15) is 17.2 Å². The number of hydrogen-bond donors (Lipinski definition) is 1. The lowest BCUT2D eigenvalue weighted by Gasteiger charge is -2.40. The summed E-state index contributed by atoms with van der Waals surface area (Å²) in [5.41, 5.74) is 2.52. The first-order chi connectivity index (χ1) is 16.9. The largest absolute Gasteiger partial charge is 0.454 e. The van der Waals surface area contributed by atoms with E-state index >= 15 is 0 Å². The van der Waals surface area contributed by atoms with Gasteiger partial charge in [0.05, 0.1) is 10.6 Å². The average molecular weight is 498 g/mol. The molecule has 2 aliphatic heterocycles. The second-order valence-corrected chi connectivity index (χ2v) is 10.5. The zero-order valence-corrected chi connectivity index (χ0v) is 20.3. The van der Waals surface area contributed by atoms with Gasteiger partial charge in [-0.2, -0.15) is 0 Å². The van der Waals surface area contributed by atoms with Crippen LogP contribution in [-0.4, -0.2) is 52.8 Å². The monoisotopic (exact) mass is 497 g/mol. The van der Waals surface area contributed by atoms with E-state index < -0.39 is 10.0 Å². The van der Waals surface area contributed by atoms with Crippen LogP contribution in [0, 0.1) is 12.7 Å². The Balaban J connectivity index is 1.36. The third-order valence-electron chi connectivity index (χ3n) is 6.53. The molecule has 0 saturated carbocycles. The Hall–Kier alpha value is -3.14. The lowest BCUT2D eigenvalue weighted by atomic mass is 10.0. The molecule has 1 N–H and O–H groups in total. The third-order valence-corrected chi connectivity index (χ3v) is 7.97. The maximum absolute atomic E-state index is 14.3. The standard InChI is InChI=1S/C26H28FN3O4S/c1-19-6-9-21(10-7-19)35(31,32)28-17-24(20-8-11-25-26(16-20)34-18-33-25)30-14-12-29(13-15-30)23-5-3-2-4-22(23)27/h2-11,16,24,28H,12-15,17-18H2,1H3. The fourth-order valence-electron chi connectivity index (χ4n) is 4.55. The van der Waals surface area contributed by atoms with E-state index in [0.29, 0.717) is 43.4 Å². The lowest BCUT2D eigenvalue weighted by molar-refractivity contribution is 0.173. The van der Waals surface area contributed by atoms with Gasteiger partial charge in [-0.1, -0.05) is 35.9 Å². The fraction of sp³-hybridized carbons (Fsp3) is 0.308. The highest BCUT2D eigenvalue weighted by Gasteiger charge is 2.29. The number of sulfonamides is 1. The summed E-state index contributed by atoms with van der Waals surface area (Å²) in [6, 6.07) is 19.1. The summed E-state index contributed by atoms with van der Waals surface area (Å²) in [4.78, 5) is 4.49. The number of nitrogens with one attached hydrogen (secondary N) is 1. The lowest BCUT2D eigenvalue weighted by Crippen LogP contribution is -2.50. The van der Waals surface area contributed by atoms with E-state index in [2.05, 4.69) is 9.62 Å². The molecule has 0 amide bonds. The fourth-order valence-corrected chi connectivity index (χ4v) is 5.59. The molecule has 35 heavy (non-hydrogen) atoms. The van der Waals surface area contributed by atoms with Crippen LogP contribution in [0.25, 0.3) is 0 Å². The Bertz CT molecular complexity index is 1290. The topological polar surface area (TPSA) is 71.1 Å². The van der Waals surface area contributed by atoms with Crippen LogP contribution in [0.2, 0.25) is 0 Å². The van der Waals surface area contributed by atoms with Gasteiger partial charge in [-0.05, 0) is 48.9 Å². The number of anilines is 1. The molecule has 2 aliphatic rings. The summed E-state index contributed by atoms with van der Waals surface area (Å²) in [7, 11) is -3.68. The Kier molecular flexibility index (Phi) is 6.64. The van der Waals surface area contributed by atoms with Crippen molar-refractivity contribution in [3.8, 4) is 11.5 Å². The van der Waals surface area contributed by atoms with Gasteiger partial charge in [0.15, 0.2) is 11.5 Å². The van der Waals surface area contributed by atoms with Crippen LogP contribution in [0.4, 0.5) is 10.1 Å². The van der Waals surface area contributed by atoms with E-state index in [-0.39, 0.29) is 30.1 Å². The minimum Gasteiger partial charge on any atom is -0.454 e. The van der Waals surface area contributed by atoms with Crippen molar-refractivity contribution in [1.29, 1.82) is 0 Å². The minimum absolute atomic E-state index is 0.171. The molecule has 1 saturated heterocycles. The molecule has 184 valence electrons. The number of nitrogens with zero attached hydrogens (tertiary/aromatic N) is 2. The number of aryl methyl sites for hydroxylation is 1. The number of piperazine rings is 1. The summed E-state index contributed by atoms with van der Waals surface area (Å²) in [6.45, 7) is 4.85. The van der Waals surface area contributed by atoms with Crippen molar-refractivity contribution < 1.29 is 22.3 Å². The van der Waals surface area contributed by atoms with Gasteiger partial charge >= 0.3 is 0 Å². The highest BCUT2D eigenvalue weighted by Crippen LogP contribution is 2.36. The van der Waals surface area contributed by atoms with E-state index in [4.69, 9.17) is 9.47 Å². The van der Waals surface area contributed by atoms with Gasteiger partial charge in [0, 0.05) is 38.8 Å². The SMILES string of the molecule is Cc1ccc(S(=O)(=O)NCC(c2ccc3c(c2)OCO3)N2CCN(c3ccccc3F)CC2)cc1. The van der Waals surface area contributed by atoms with E-state index in [1.165, 1.54) is 6.07 Å². The molecule has 0 aliphatic carbocycles. The maximum Gasteiger partial charge on any atom is 0.240 e. The van der Waals surface area contributed by atoms with Crippen LogP contribution >= 0.6 is 0 Å². The van der Waals surface area contributed by atoms with Crippen molar-refractivity contribution in [2.24, 2.45) is 0 Å². The molecule has 2 heterocycles. The predicted octanol–water partition coefficient (Wildman–Crippen LogP) is 3.70. The number of benzene rings is 3. The van der Waals surface area contributed by atoms with Gasteiger partial charge in [-0.15, -0.1) is 0 Å².